The van der Waals surface area contributed by atoms with Crippen LogP contribution in [-0.4, -0.2) is 30.4 Å². The Morgan fingerprint density at radius 2 is 2.00 bits per heavy atom. The molecule has 0 heterocycles. The van der Waals surface area contributed by atoms with Gasteiger partial charge in [0.15, 0.2) is 0 Å². The van der Waals surface area contributed by atoms with E-state index in [0.29, 0.717) is 12.1 Å². The van der Waals surface area contributed by atoms with E-state index in [4.69, 9.17) is 0 Å². The SMILES string of the molecule is CCN(C)C(=O)C(C)NC(C)c1ccccc1F. The van der Waals surface area contributed by atoms with Crippen molar-refractivity contribution in [3.8, 4) is 0 Å². The molecule has 1 rings (SSSR count). The number of hydrogen-bond donors (Lipinski definition) is 1. The highest BCUT2D eigenvalue weighted by Crippen LogP contribution is 2.16. The molecule has 100 valence electrons. The van der Waals surface area contributed by atoms with Crippen LogP contribution in [0.15, 0.2) is 24.3 Å². The molecule has 3 nitrogen and oxygen atoms in total. The highest BCUT2D eigenvalue weighted by atomic mass is 19.1. The first-order valence-electron chi connectivity index (χ1n) is 6.22. The summed E-state index contributed by atoms with van der Waals surface area (Å²) in [5.41, 5.74) is 0.580. The van der Waals surface area contributed by atoms with Crippen molar-refractivity contribution in [3.63, 3.8) is 0 Å². The standard InChI is InChI=1S/C14H21FN2O/c1-5-17(4)14(18)11(3)16-10(2)12-8-6-7-9-13(12)15/h6-11,16H,5H2,1-4H3. The molecular formula is C14H21FN2O. The Bertz CT molecular complexity index is 409. The van der Waals surface area contributed by atoms with Gasteiger partial charge in [-0.3, -0.25) is 10.1 Å². The fourth-order valence-corrected chi connectivity index (χ4v) is 1.85. The van der Waals surface area contributed by atoms with Crippen molar-refractivity contribution >= 4 is 5.91 Å². The number of halogens is 1. The number of nitrogens with zero attached hydrogens (tertiary/aromatic N) is 1. The number of carbonyl (C=O) groups is 1. The molecule has 1 amide bonds. The number of hydrogen-bond acceptors (Lipinski definition) is 2. The van der Waals surface area contributed by atoms with E-state index in [1.165, 1.54) is 6.07 Å². The number of amides is 1. The molecule has 1 aromatic rings. The molecule has 0 spiro atoms. The number of carbonyl (C=O) groups excluding carboxylic acids is 1. The first-order chi connectivity index (χ1) is 8.47. The molecular weight excluding hydrogens is 231 g/mol. The van der Waals surface area contributed by atoms with Gasteiger partial charge >= 0.3 is 0 Å². The minimum Gasteiger partial charge on any atom is -0.345 e. The molecule has 18 heavy (non-hydrogen) atoms. The molecule has 2 atom stereocenters. The highest BCUT2D eigenvalue weighted by Gasteiger charge is 2.19. The summed E-state index contributed by atoms with van der Waals surface area (Å²) in [4.78, 5) is 13.5. The van der Waals surface area contributed by atoms with Crippen LogP contribution in [0.1, 0.15) is 32.4 Å². The summed E-state index contributed by atoms with van der Waals surface area (Å²) in [6, 6.07) is 6.08. The van der Waals surface area contributed by atoms with Crippen LogP contribution in [0, 0.1) is 5.82 Å². The molecule has 0 radical (unpaired) electrons. The molecule has 0 saturated heterocycles. The Hall–Kier alpha value is -1.42. The topological polar surface area (TPSA) is 32.3 Å². The zero-order valence-electron chi connectivity index (χ0n) is 11.4. The van der Waals surface area contributed by atoms with Gasteiger partial charge in [0.1, 0.15) is 5.82 Å². The van der Waals surface area contributed by atoms with Crippen LogP contribution in [0.25, 0.3) is 0 Å². The quantitative estimate of drug-likeness (QED) is 0.872. The van der Waals surface area contributed by atoms with Gasteiger partial charge in [0.2, 0.25) is 5.91 Å². The minimum atomic E-state index is -0.329. The summed E-state index contributed by atoms with van der Waals surface area (Å²) >= 11 is 0. The molecule has 0 aliphatic rings. The predicted octanol–water partition coefficient (Wildman–Crippen LogP) is 2.34. The first-order valence-corrected chi connectivity index (χ1v) is 6.22. The second-order valence-corrected chi connectivity index (χ2v) is 4.48. The Morgan fingerprint density at radius 3 is 2.56 bits per heavy atom. The van der Waals surface area contributed by atoms with E-state index in [9.17, 15) is 9.18 Å². The number of benzene rings is 1. The van der Waals surface area contributed by atoms with Crippen LogP contribution in [0.2, 0.25) is 0 Å². The fourth-order valence-electron chi connectivity index (χ4n) is 1.85. The van der Waals surface area contributed by atoms with Gasteiger partial charge in [0, 0.05) is 25.2 Å². The maximum Gasteiger partial charge on any atom is 0.239 e. The van der Waals surface area contributed by atoms with E-state index >= 15 is 0 Å². The maximum absolute atomic E-state index is 13.6. The predicted molar refractivity (Wildman–Crippen MR) is 70.7 cm³/mol. The molecule has 0 bridgehead atoms. The Morgan fingerprint density at radius 1 is 1.39 bits per heavy atom. The summed E-state index contributed by atoms with van der Waals surface area (Å²) in [7, 11) is 1.76. The van der Waals surface area contributed by atoms with Gasteiger partial charge in [-0.1, -0.05) is 18.2 Å². The molecule has 0 aromatic heterocycles. The van der Waals surface area contributed by atoms with Crippen molar-refractivity contribution in [2.45, 2.75) is 32.9 Å². The lowest BCUT2D eigenvalue weighted by Gasteiger charge is -2.24. The van der Waals surface area contributed by atoms with E-state index in [-0.39, 0.29) is 23.8 Å². The van der Waals surface area contributed by atoms with Crippen LogP contribution >= 0.6 is 0 Å². The second kappa shape index (κ2) is 6.50. The third kappa shape index (κ3) is 3.53. The van der Waals surface area contributed by atoms with E-state index in [1.54, 1.807) is 37.1 Å². The van der Waals surface area contributed by atoms with Gasteiger partial charge in [-0.15, -0.1) is 0 Å². The molecule has 4 heteroatoms. The van der Waals surface area contributed by atoms with E-state index in [0.717, 1.165) is 0 Å². The normalized spacial score (nSPS) is 14.1. The molecule has 0 saturated carbocycles. The average Bonchev–Trinajstić information content (AvgIpc) is 2.37. The summed E-state index contributed by atoms with van der Waals surface area (Å²) in [5.74, 6) is -0.235. The molecule has 0 fully saturated rings. The van der Waals surface area contributed by atoms with Crippen molar-refractivity contribution in [3.05, 3.63) is 35.6 Å². The van der Waals surface area contributed by atoms with Gasteiger partial charge in [0.05, 0.1) is 6.04 Å². The lowest BCUT2D eigenvalue weighted by Crippen LogP contribution is -2.44. The second-order valence-electron chi connectivity index (χ2n) is 4.48. The Kier molecular flexibility index (Phi) is 5.28. The minimum absolute atomic E-state index is 0.0145. The summed E-state index contributed by atoms with van der Waals surface area (Å²) in [6.45, 7) is 6.24. The van der Waals surface area contributed by atoms with Gasteiger partial charge in [-0.25, -0.2) is 4.39 Å². The molecule has 0 aliphatic carbocycles. The van der Waals surface area contributed by atoms with Crippen LogP contribution < -0.4 is 5.32 Å². The number of nitrogens with one attached hydrogen (secondary N) is 1. The zero-order chi connectivity index (χ0) is 13.7. The van der Waals surface area contributed by atoms with E-state index in [1.807, 2.05) is 13.8 Å². The third-order valence-corrected chi connectivity index (χ3v) is 3.09. The molecule has 1 N–H and O–H groups in total. The Labute approximate surface area is 108 Å². The fraction of sp³-hybridized carbons (Fsp3) is 0.500. The Balaban J connectivity index is 2.68. The van der Waals surface area contributed by atoms with Gasteiger partial charge < -0.3 is 4.90 Å². The van der Waals surface area contributed by atoms with Crippen molar-refractivity contribution in [2.24, 2.45) is 0 Å². The summed E-state index contributed by atoms with van der Waals surface area (Å²) in [6.07, 6.45) is 0. The van der Waals surface area contributed by atoms with Gasteiger partial charge in [-0.05, 0) is 26.8 Å². The zero-order valence-corrected chi connectivity index (χ0v) is 11.4. The number of rotatable bonds is 5. The third-order valence-electron chi connectivity index (χ3n) is 3.09. The highest BCUT2D eigenvalue weighted by molar-refractivity contribution is 5.81. The van der Waals surface area contributed by atoms with Crippen LogP contribution in [-0.2, 0) is 4.79 Å². The average molecular weight is 252 g/mol. The monoisotopic (exact) mass is 252 g/mol. The van der Waals surface area contributed by atoms with Gasteiger partial charge in [-0.2, -0.15) is 0 Å². The van der Waals surface area contributed by atoms with Crippen molar-refractivity contribution in [1.82, 2.24) is 10.2 Å². The largest absolute Gasteiger partial charge is 0.345 e. The molecule has 1 aromatic carbocycles. The smallest absolute Gasteiger partial charge is 0.239 e. The molecule has 0 aliphatic heterocycles. The lowest BCUT2D eigenvalue weighted by atomic mass is 10.1. The van der Waals surface area contributed by atoms with Crippen molar-refractivity contribution in [2.75, 3.05) is 13.6 Å². The van der Waals surface area contributed by atoms with Crippen molar-refractivity contribution < 1.29 is 9.18 Å². The van der Waals surface area contributed by atoms with E-state index in [2.05, 4.69) is 5.32 Å². The summed E-state index contributed by atoms with van der Waals surface area (Å²) in [5, 5.41) is 3.12. The lowest BCUT2D eigenvalue weighted by molar-refractivity contribution is -0.131. The maximum atomic E-state index is 13.6. The summed E-state index contributed by atoms with van der Waals surface area (Å²) < 4.78 is 13.6. The van der Waals surface area contributed by atoms with Gasteiger partial charge in [0.25, 0.3) is 0 Å². The van der Waals surface area contributed by atoms with Crippen LogP contribution in [0.5, 0.6) is 0 Å². The number of likely N-dealkylation sites (N-methyl/N-ethyl adjacent to an activating group) is 1. The molecule has 2 unspecified atom stereocenters. The van der Waals surface area contributed by atoms with E-state index < -0.39 is 0 Å². The van der Waals surface area contributed by atoms with Crippen LogP contribution in [0.3, 0.4) is 0 Å². The van der Waals surface area contributed by atoms with Crippen molar-refractivity contribution in [1.29, 1.82) is 0 Å². The van der Waals surface area contributed by atoms with Crippen LogP contribution in [0.4, 0.5) is 4.39 Å². The first kappa shape index (κ1) is 14.6.